The summed E-state index contributed by atoms with van der Waals surface area (Å²) >= 11 is 3.47. The van der Waals surface area contributed by atoms with Crippen LogP contribution >= 0.6 is 15.9 Å². The first-order chi connectivity index (χ1) is 8.53. The van der Waals surface area contributed by atoms with Crippen LogP contribution in [0.5, 0.6) is 0 Å². The van der Waals surface area contributed by atoms with Crippen LogP contribution in [0.25, 0.3) is 0 Å². The zero-order valence-electron chi connectivity index (χ0n) is 11.9. The van der Waals surface area contributed by atoms with E-state index in [4.69, 9.17) is 0 Å². The van der Waals surface area contributed by atoms with Gasteiger partial charge < -0.3 is 0 Å². The van der Waals surface area contributed by atoms with Gasteiger partial charge in [-0.25, -0.2) is 13.1 Å². The predicted molar refractivity (Wildman–Crippen MR) is 78.7 cm³/mol. The molecule has 0 aromatic carbocycles. The molecule has 0 amide bonds. The maximum atomic E-state index is 12.4. The number of halogens is 1. The zero-order valence-corrected chi connectivity index (χ0v) is 14.3. The Bertz CT molecular complexity index is 504. The Labute approximate surface area is 123 Å². The van der Waals surface area contributed by atoms with Gasteiger partial charge in [-0.1, -0.05) is 29.8 Å². The fourth-order valence-corrected chi connectivity index (χ4v) is 7.36. The zero-order chi connectivity index (χ0) is 14.6. The van der Waals surface area contributed by atoms with Crippen LogP contribution in [0.3, 0.4) is 0 Å². The number of carbonyl (C=O) groups excluding carboxylic acids is 1. The van der Waals surface area contributed by atoms with Crippen molar-refractivity contribution in [1.29, 1.82) is 0 Å². The van der Waals surface area contributed by atoms with Gasteiger partial charge in [0.2, 0.25) is 10.0 Å². The van der Waals surface area contributed by atoms with Crippen LogP contribution in [-0.4, -0.2) is 30.8 Å². The molecule has 2 aliphatic rings. The van der Waals surface area contributed by atoms with Crippen molar-refractivity contribution in [2.75, 3.05) is 5.75 Å². The summed E-state index contributed by atoms with van der Waals surface area (Å²) in [6, 6.07) is -0.115. The molecule has 6 heteroatoms. The Hall–Kier alpha value is 0.0600. The molecule has 0 heterocycles. The Morgan fingerprint density at radius 2 is 2.00 bits per heavy atom. The molecule has 110 valence electrons. The number of hydrogen-bond donors (Lipinski definition) is 1. The maximum Gasteiger partial charge on any atom is 0.212 e. The molecule has 19 heavy (non-hydrogen) atoms. The third-order valence-corrected chi connectivity index (χ3v) is 7.95. The molecule has 2 rings (SSSR count). The Morgan fingerprint density at radius 1 is 1.42 bits per heavy atom. The third kappa shape index (κ3) is 2.20. The molecule has 2 bridgehead atoms. The predicted octanol–water partition coefficient (Wildman–Crippen LogP) is 2.08. The molecule has 0 aliphatic heterocycles. The molecule has 0 aromatic rings. The van der Waals surface area contributed by atoms with Gasteiger partial charge in [-0.2, -0.15) is 0 Å². The van der Waals surface area contributed by atoms with Crippen molar-refractivity contribution in [3.05, 3.63) is 0 Å². The number of rotatable bonds is 4. The van der Waals surface area contributed by atoms with Crippen molar-refractivity contribution in [3.63, 3.8) is 0 Å². The average Bonchev–Trinajstić information content (AvgIpc) is 2.52. The van der Waals surface area contributed by atoms with Gasteiger partial charge in [0.1, 0.15) is 0 Å². The molecular formula is C13H22BrNO3S. The highest BCUT2D eigenvalue weighted by Crippen LogP contribution is 2.65. The second-order valence-electron chi connectivity index (χ2n) is 6.69. The standard InChI is InChI=1S/C13H22BrNO3S/c1-8(2)15-19(17,18)7-13(4)9-5-6-12(13,3)11(16)10(9)14/h8-10,15H,5-7H2,1-4H3. The first-order valence-electron chi connectivity index (χ1n) is 6.72. The highest BCUT2D eigenvalue weighted by molar-refractivity contribution is 9.10. The quantitative estimate of drug-likeness (QED) is 0.788. The van der Waals surface area contributed by atoms with Gasteiger partial charge in [-0.3, -0.25) is 4.79 Å². The second-order valence-corrected chi connectivity index (χ2v) is 9.43. The largest absolute Gasteiger partial charge is 0.298 e. The monoisotopic (exact) mass is 351 g/mol. The van der Waals surface area contributed by atoms with E-state index < -0.39 is 20.9 Å². The summed E-state index contributed by atoms with van der Waals surface area (Å²) in [6.07, 6.45) is 1.72. The minimum Gasteiger partial charge on any atom is -0.298 e. The lowest BCUT2D eigenvalue weighted by Gasteiger charge is -2.36. The van der Waals surface area contributed by atoms with E-state index in [0.29, 0.717) is 0 Å². The summed E-state index contributed by atoms with van der Waals surface area (Å²) in [5, 5.41) is 0. The number of hydrogen-bond acceptors (Lipinski definition) is 3. The van der Waals surface area contributed by atoms with E-state index in [1.165, 1.54) is 0 Å². The summed E-state index contributed by atoms with van der Waals surface area (Å²) in [5.74, 6) is 0.326. The van der Waals surface area contributed by atoms with Crippen LogP contribution in [0.1, 0.15) is 40.5 Å². The van der Waals surface area contributed by atoms with Crippen LogP contribution in [0, 0.1) is 16.7 Å². The molecule has 2 fully saturated rings. The minimum absolute atomic E-state index is 0.0349. The topological polar surface area (TPSA) is 63.2 Å². The van der Waals surface area contributed by atoms with E-state index in [1.54, 1.807) is 0 Å². The molecule has 0 spiro atoms. The van der Waals surface area contributed by atoms with Crippen LogP contribution in [0.15, 0.2) is 0 Å². The van der Waals surface area contributed by atoms with E-state index in [-0.39, 0.29) is 28.3 Å². The molecule has 0 radical (unpaired) electrons. The number of sulfonamides is 1. The van der Waals surface area contributed by atoms with Gasteiger partial charge in [0.15, 0.2) is 5.78 Å². The van der Waals surface area contributed by atoms with Gasteiger partial charge in [0, 0.05) is 11.5 Å². The van der Waals surface area contributed by atoms with Gasteiger partial charge in [0.25, 0.3) is 0 Å². The highest BCUT2D eigenvalue weighted by Gasteiger charge is 2.68. The first kappa shape index (κ1) is 15.4. The van der Waals surface area contributed by atoms with Crippen molar-refractivity contribution in [1.82, 2.24) is 4.72 Å². The lowest BCUT2D eigenvalue weighted by molar-refractivity contribution is -0.127. The molecule has 4 unspecified atom stereocenters. The van der Waals surface area contributed by atoms with E-state index in [1.807, 2.05) is 27.7 Å². The van der Waals surface area contributed by atoms with E-state index >= 15 is 0 Å². The molecule has 2 aliphatic carbocycles. The first-order valence-corrected chi connectivity index (χ1v) is 9.29. The molecule has 0 saturated heterocycles. The molecule has 4 nitrogen and oxygen atoms in total. The van der Waals surface area contributed by atoms with Gasteiger partial charge >= 0.3 is 0 Å². The van der Waals surface area contributed by atoms with Crippen molar-refractivity contribution in [3.8, 4) is 0 Å². The second kappa shape index (κ2) is 4.53. The molecule has 4 atom stereocenters. The molecular weight excluding hydrogens is 330 g/mol. The van der Waals surface area contributed by atoms with Gasteiger partial charge in [0.05, 0.1) is 10.6 Å². The molecule has 1 N–H and O–H groups in total. The Balaban J connectivity index is 2.32. The Kier molecular flexibility index (Phi) is 3.68. The summed E-state index contributed by atoms with van der Waals surface area (Å²) < 4.78 is 27.1. The smallest absolute Gasteiger partial charge is 0.212 e. The summed E-state index contributed by atoms with van der Waals surface area (Å²) in [4.78, 5) is 12.2. The number of fused-ring (bicyclic) bond motifs is 2. The molecule has 0 aromatic heterocycles. The number of alkyl halides is 1. The lowest BCUT2D eigenvalue weighted by Crippen LogP contribution is -2.45. The van der Waals surface area contributed by atoms with E-state index in [2.05, 4.69) is 20.7 Å². The van der Waals surface area contributed by atoms with Gasteiger partial charge in [-0.05, 0) is 38.0 Å². The summed E-state index contributed by atoms with van der Waals surface area (Å²) in [5.41, 5.74) is -0.990. The van der Waals surface area contributed by atoms with Crippen LogP contribution in [0.2, 0.25) is 0 Å². The Morgan fingerprint density at radius 3 is 2.42 bits per heavy atom. The van der Waals surface area contributed by atoms with E-state index in [0.717, 1.165) is 12.8 Å². The number of carbonyl (C=O) groups is 1. The van der Waals surface area contributed by atoms with Crippen molar-refractivity contribution in [2.45, 2.75) is 51.4 Å². The normalized spacial score (nSPS) is 42.3. The fraction of sp³-hybridized carbons (Fsp3) is 0.923. The van der Waals surface area contributed by atoms with Crippen molar-refractivity contribution in [2.24, 2.45) is 16.7 Å². The molecule has 2 saturated carbocycles. The summed E-state index contributed by atoms with van der Waals surface area (Å²) in [6.45, 7) is 7.51. The lowest BCUT2D eigenvalue weighted by atomic mass is 9.70. The van der Waals surface area contributed by atoms with Crippen LogP contribution in [0.4, 0.5) is 0 Å². The van der Waals surface area contributed by atoms with Crippen molar-refractivity contribution < 1.29 is 13.2 Å². The average molecular weight is 352 g/mol. The van der Waals surface area contributed by atoms with Crippen molar-refractivity contribution >= 4 is 31.7 Å². The van der Waals surface area contributed by atoms with Crippen LogP contribution < -0.4 is 4.72 Å². The van der Waals surface area contributed by atoms with E-state index in [9.17, 15) is 13.2 Å². The minimum atomic E-state index is -3.36. The van der Waals surface area contributed by atoms with Gasteiger partial charge in [-0.15, -0.1) is 0 Å². The SMILES string of the molecule is CC(C)NS(=O)(=O)CC1(C)C2CCC1(C)C(=O)C2Br. The fourth-order valence-electron chi connectivity index (χ4n) is 3.88. The number of nitrogens with one attached hydrogen (secondary N) is 1. The number of Topliss-reactive ketones (excluding diaryl/α,β-unsaturated/α-hetero) is 1. The number of ketones is 1. The third-order valence-electron chi connectivity index (χ3n) is 5.09. The highest BCUT2D eigenvalue weighted by atomic mass is 79.9. The maximum absolute atomic E-state index is 12.4. The summed E-state index contributed by atoms with van der Waals surface area (Å²) in [7, 11) is -3.36. The van der Waals surface area contributed by atoms with Crippen LogP contribution in [-0.2, 0) is 14.8 Å².